The van der Waals surface area contributed by atoms with Crippen molar-refractivity contribution in [3.8, 4) is 11.5 Å². The number of phenolic OH excluding ortho intramolecular Hbond substituents is 2. The summed E-state index contributed by atoms with van der Waals surface area (Å²) in [4.78, 5) is 29.5. The van der Waals surface area contributed by atoms with E-state index in [1.54, 1.807) is 6.07 Å². The minimum atomic E-state index is -1.82. The number of rotatable bonds is 7. The van der Waals surface area contributed by atoms with E-state index in [4.69, 9.17) is 19.8 Å². The molecule has 0 saturated carbocycles. The molecule has 1 aromatic rings. The maximum atomic E-state index is 11.3. The second kappa shape index (κ2) is 11.7. The summed E-state index contributed by atoms with van der Waals surface area (Å²) in [5, 5.41) is 49.0. The summed E-state index contributed by atoms with van der Waals surface area (Å²) in [6.45, 7) is 4.97. The maximum Gasteiger partial charge on any atom is 0.414 e. The molecule has 0 aromatic heterocycles. The van der Waals surface area contributed by atoms with Crippen LogP contribution in [0.1, 0.15) is 25.5 Å². The van der Waals surface area contributed by atoms with Gasteiger partial charge in [-0.15, -0.1) is 0 Å². The lowest BCUT2D eigenvalue weighted by Crippen LogP contribution is -2.35. The highest BCUT2D eigenvalue weighted by molar-refractivity contribution is 6.27. The number of aliphatic hydroxyl groups excluding tert-OH is 1. The van der Waals surface area contributed by atoms with E-state index in [0.717, 1.165) is 0 Å². The van der Waals surface area contributed by atoms with Crippen LogP contribution in [-0.4, -0.2) is 63.0 Å². The van der Waals surface area contributed by atoms with Gasteiger partial charge in [-0.3, -0.25) is 4.79 Å². The van der Waals surface area contributed by atoms with Gasteiger partial charge >= 0.3 is 11.9 Å². The first-order chi connectivity index (χ1) is 12.1. The SMILES string of the molecule is CC(C)C(=O)NCCNCC(O)c1ccc(O)c(O)c1.O=C(O)C(=O)O. The zero-order chi connectivity index (χ0) is 20.3. The lowest BCUT2D eigenvalue weighted by atomic mass is 10.1. The number of carbonyl (C=O) groups is 3. The molecule has 26 heavy (non-hydrogen) atoms. The normalized spacial score (nSPS) is 11.2. The van der Waals surface area contributed by atoms with E-state index in [-0.39, 0.29) is 23.3 Å². The van der Waals surface area contributed by atoms with Crippen LogP contribution in [-0.2, 0) is 14.4 Å². The first-order valence-corrected chi connectivity index (χ1v) is 7.70. The molecule has 10 heteroatoms. The highest BCUT2D eigenvalue weighted by Gasteiger charge is 2.10. The number of aromatic hydroxyl groups is 2. The average Bonchev–Trinajstić information content (AvgIpc) is 2.56. The number of carboxylic acid groups (broad SMARTS) is 2. The first kappa shape index (κ1) is 23.1. The van der Waals surface area contributed by atoms with Gasteiger partial charge < -0.3 is 36.2 Å². The van der Waals surface area contributed by atoms with Crippen LogP contribution in [0.5, 0.6) is 11.5 Å². The van der Waals surface area contributed by atoms with Gasteiger partial charge in [0.2, 0.25) is 5.91 Å². The van der Waals surface area contributed by atoms with E-state index < -0.39 is 18.0 Å². The smallest absolute Gasteiger partial charge is 0.414 e. The molecular formula is C16H24N2O8. The Hall–Kier alpha value is -2.85. The fraction of sp³-hybridized carbons (Fsp3) is 0.438. The zero-order valence-electron chi connectivity index (χ0n) is 14.5. The van der Waals surface area contributed by atoms with Crippen LogP contribution in [0.3, 0.4) is 0 Å². The minimum Gasteiger partial charge on any atom is -0.504 e. The lowest BCUT2D eigenvalue weighted by molar-refractivity contribution is -0.159. The van der Waals surface area contributed by atoms with Gasteiger partial charge in [0, 0.05) is 25.6 Å². The number of amides is 1. The molecule has 1 atom stereocenters. The number of phenols is 2. The fourth-order valence-electron chi connectivity index (χ4n) is 1.58. The molecule has 1 unspecified atom stereocenters. The van der Waals surface area contributed by atoms with Crippen molar-refractivity contribution in [3.05, 3.63) is 23.8 Å². The predicted molar refractivity (Wildman–Crippen MR) is 90.7 cm³/mol. The van der Waals surface area contributed by atoms with Crippen LogP contribution in [0, 0.1) is 5.92 Å². The van der Waals surface area contributed by atoms with Gasteiger partial charge in [-0.2, -0.15) is 0 Å². The number of aliphatic hydroxyl groups is 1. The van der Waals surface area contributed by atoms with Gasteiger partial charge in [-0.05, 0) is 17.7 Å². The fourth-order valence-corrected chi connectivity index (χ4v) is 1.58. The molecule has 0 radical (unpaired) electrons. The van der Waals surface area contributed by atoms with Gasteiger partial charge in [0.15, 0.2) is 11.5 Å². The van der Waals surface area contributed by atoms with Gasteiger partial charge in [-0.25, -0.2) is 9.59 Å². The third-order valence-corrected chi connectivity index (χ3v) is 3.03. The molecule has 0 aliphatic rings. The number of nitrogens with one attached hydrogen (secondary N) is 2. The molecule has 7 N–H and O–H groups in total. The third-order valence-electron chi connectivity index (χ3n) is 3.03. The molecule has 1 amide bonds. The molecule has 0 saturated heterocycles. The summed E-state index contributed by atoms with van der Waals surface area (Å²) >= 11 is 0. The summed E-state index contributed by atoms with van der Waals surface area (Å²) in [6, 6.07) is 4.20. The summed E-state index contributed by atoms with van der Waals surface area (Å²) in [5.74, 6) is -4.17. The largest absolute Gasteiger partial charge is 0.504 e. The van der Waals surface area contributed by atoms with Crippen molar-refractivity contribution >= 4 is 17.8 Å². The Labute approximate surface area is 150 Å². The quantitative estimate of drug-likeness (QED) is 0.191. The molecule has 0 fully saturated rings. The Bertz CT molecular complexity index is 606. The molecule has 0 aliphatic heterocycles. The van der Waals surface area contributed by atoms with Crippen molar-refractivity contribution in [2.75, 3.05) is 19.6 Å². The van der Waals surface area contributed by atoms with Crippen LogP contribution >= 0.6 is 0 Å². The third kappa shape index (κ3) is 9.45. The van der Waals surface area contributed by atoms with E-state index in [9.17, 15) is 20.1 Å². The van der Waals surface area contributed by atoms with Gasteiger partial charge in [0.05, 0.1) is 6.10 Å². The topological polar surface area (TPSA) is 176 Å². The van der Waals surface area contributed by atoms with Crippen molar-refractivity contribution in [1.29, 1.82) is 0 Å². The zero-order valence-corrected chi connectivity index (χ0v) is 14.5. The van der Waals surface area contributed by atoms with Crippen LogP contribution in [0.15, 0.2) is 18.2 Å². The van der Waals surface area contributed by atoms with Crippen molar-refractivity contribution in [2.45, 2.75) is 20.0 Å². The van der Waals surface area contributed by atoms with E-state index >= 15 is 0 Å². The van der Waals surface area contributed by atoms with E-state index in [1.165, 1.54) is 12.1 Å². The van der Waals surface area contributed by atoms with Crippen LogP contribution in [0.25, 0.3) is 0 Å². The molecule has 0 aliphatic carbocycles. The number of carbonyl (C=O) groups excluding carboxylic acids is 1. The van der Waals surface area contributed by atoms with Gasteiger partial charge in [-0.1, -0.05) is 19.9 Å². The van der Waals surface area contributed by atoms with Crippen LogP contribution in [0.4, 0.5) is 0 Å². The standard InChI is InChI=1S/C14H22N2O4.C2H2O4/c1-9(2)14(20)16-6-5-15-8-13(19)10-3-4-11(17)12(18)7-10;3-1(4)2(5)6/h3-4,7,9,13,15,17-19H,5-6,8H2,1-2H3,(H,16,20);(H,3,4)(H,5,6). The molecule has 0 heterocycles. The predicted octanol–water partition coefficient (Wildman–Crippen LogP) is -0.351. The van der Waals surface area contributed by atoms with Crippen LogP contribution in [0.2, 0.25) is 0 Å². The Kier molecular flexibility index (Phi) is 10.4. The molecule has 0 bridgehead atoms. The Morgan fingerprint density at radius 3 is 2.04 bits per heavy atom. The second-order valence-corrected chi connectivity index (χ2v) is 5.52. The minimum absolute atomic E-state index is 0.00388. The first-order valence-electron chi connectivity index (χ1n) is 7.70. The lowest BCUT2D eigenvalue weighted by Gasteiger charge is -2.13. The number of carboxylic acids is 2. The second-order valence-electron chi connectivity index (χ2n) is 5.52. The number of hydrogen-bond acceptors (Lipinski definition) is 7. The van der Waals surface area contributed by atoms with Crippen molar-refractivity contribution < 1.29 is 39.9 Å². The molecule has 0 spiro atoms. The number of hydrogen-bond donors (Lipinski definition) is 7. The summed E-state index contributed by atoms with van der Waals surface area (Å²) < 4.78 is 0. The number of benzene rings is 1. The average molecular weight is 372 g/mol. The highest BCUT2D eigenvalue weighted by atomic mass is 16.4. The highest BCUT2D eigenvalue weighted by Crippen LogP contribution is 2.27. The number of aliphatic carboxylic acids is 2. The summed E-state index contributed by atoms with van der Waals surface area (Å²) in [7, 11) is 0. The molecular weight excluding hydrogens is 348 g/mol. The monoisotopic (exact) mass is 372 g/mol. The van der Waals surface area contributed by atoms with E-state index in [1.807, 2.05) is 13.8 Å². The van der Waals surface area contributed by atoms with Gasteiger partial charge in [0.25, 0.3) is 0 Å². The Balaban J connectivity index is 0.000000896. The van der Waals surface area contributed by atoms with E-state index in [2.05, 4.69) is 10.6 Å². The maximum absolute atomic E-state index is 11.3. The molecule has 1 rings (SSSR count). The van der Waals surface area contributed by atoms with Crippen molar-refractivity contribution in [3.63, 3.8) is 0 Å². The van der Waals surface area contributed by atoms with E-state index in [0.29, 0.717) is 25.2 Å². The Morgan fingerprint density at radius 1 is 1.00 bits per heavy atom. The summed E-state index contributed by atoms with van der Waals surface area (Å²) in [5.41, 5.74) is 0.513. The van der Waals surface area contributed by atoms with Crippen molar-refractivity contribution in [1.82, 2.24) is 10.6 Å². The Morgan fingerprint density at radius 2 is 1.58 bits per heavy atom. The molecule has 146 valence electrons. The van der Waals surface area contributed by atoms with Crippen molar-refractivity contribution in [2.24, 2.45) is 5.92 Å². The molecule has 1 aromatic carbocycles. The van der Waals surface area contributed by atoms with Gasteiger partial charge in [0.1, 0.15) is 0 Å². The summed E-state index contributed by atoms with van der Waals surface area (Å²) in [6.07, 6.45) is -0.790. The molecule has 10 nitrogen and oxygen atoms in total. The van der Waals surface area contributed by atoms with Crippen LogP contribution < -0.4 is 10.6 Å².